The third kappa shape index (κ3) is 4.94. The number of hydrogen-bond acceptors (Lipinski definition) is 4. The molecule has 1 aromatic rings. The lowest BCUT2D eigenvalue weighted by molar-refractivity contribution is 0.251. The molecule has 0 amide bonds. The fourth-order valence-corrected chi connectivity index (χ4v) is 3.48. The van der Waals surface area contributed by atoms with Crippen LogP contribution in [-0.4, -0.2) is 37.5 Å². The summed E-state index contributed by atoms with van der Waals surface area (Å²) in [5.41, 5.74) is 5.26. The number of anilines is 1. The Bertz CT molecular complexity index is 549. The highest BCUT2D eigenvalue weighted by Gasteiger charge is 2.24. The SMILES string of the molecule is CCCCCCN(CCO)S(=O)(=O)c1ccc(N)c(F)c1. The molecule has 3 N–H and O–H groups in total. The fraction of sp³-hybridized carbons (Fsp3) is 0.571. The lowest BCUT2D eigenvalue weighted by Crippen LogP contribution is -2.34. The van der Waals surface area contributed by atoms with E-state index < -0.39 is 15.8 Å². The van der Waals surface area contributed by atoms with Crippen LogP contribution < -0.4 is 5.73 Å². The fourth-order valence-electron chi connectivity index (χ4n) is 2.00. The molecule has 120 valence electrons. The summed E-state index contributed by atoms with van der Waals surface area (Å²) in [5.74, 6) is -0.758. The van der Waals surface area contributed by atoms with Crippen LogP contribution >= 0.6 is 0 Å². The van der Waals surface area contributed by atoms with E-state index in [2.05, 4.69) is 6.92 Å². The number of hydrogen-bond donors (Lipinski definition) is 2. The van der Waals surface area contributed by atoms with Crippen molar-refractivity contribution in [1.82, 2.24) is 4.31 Å². The van der Waals surface area contributed by atoms with Crippen molar-refractivity contribution in [2.45, 2.75) is 37.5 Å². The second kappa shape index (κ2) is 8.31. The Hall–Kier alpha value is -1.18. The van der Waals surface area contributed by atoms with Gasteiger partial charge in [0, 0.05) is 13.1 Å². The average molecular weight is 318 g/mol. The van der Waals surface area contributed by atoms with Crippen LogP contribution in [-0.2, 0) is 10.0 Å². The number of halogens is 1. The second-order valence-corrected chi connectivity index (χ2v) is 6.81. The van der Waals surface area contributed by atoms with Crippen molar-refractivity contribution in [3.8, 4) is 0 Å². The van der Waals surface area contributed by atoms with Gasteiger partial charge in [0.1, 0.15) is 5.82 Å². The van der Waals surface area contributed by atoms with Gasteiger partial charge in [0.15, 0.2) is 0 Å². The number of unbranched alkanes of at least 4 members (excludes halogenated alkanes) is 3. The number of sulfonamides is 1. The van der Waals surface area contributed by atoms with Crippen LogP contribution in [0.4, 0.5) is 10.1 Å². The molecule has 0 fully saturated rings. The summed E-state index contributed by atoms with van der Waals surface area (Å²) >= 11 is 0. The molecule has 21 heavy (non-hydrogen) atoms. The van der Waals surface area contributed by atoms with Gasteiger partial charge in [0.05, 0.1) is 17.2 Å². The van der Waals surface area contributed by atoms with E-state index in [1.165, 1.54) is 16.4 Å². The van der Waals surface area contributed by atoms with Gasteiger partial charge in [-0.3, -0.25) is 0 Å². The maximum Gasteiger partial charge on any atom is 0.243 e. The minimum Gasteiger partial charge on any atom is -0.396 e. The molecule has 0 aliphatic carbocycles. The summed E-state index contributed by atoms with van der Waals surface area (Å²) < 4.78 is 39.6. The molecule has 0 bridgehead atoms. The van der Waals surface area contributed by atoms with E-state index in [-0.39, 0.29) is 23.7 Å². The zero-order valence-electron chi connectivity index (χ0n) is 12.3. The van der Waals surface area contributed by atoms with Gasteiger partial charge < -0.3 is 10.8 Å². The molecule has 0 aromatic heterocycles. The van der Waals surface area contributed by atoms with Crippen molar-refractivity contribution >= 4 is 15.7 Å². The van der Waals surface area contributed by atoms with Crippen molar-refractivity contribution in [3.63, 3.8) is 0 Å². The molecule has 0 spiro atoms. The summed E-state index contributed by atoms with van der Waals surface area (Å²) in [5, 5.41) is 9.05. The predicted octanol–water partition coefficient (Wildman–Crippen LogP) is 1.97. The molecule has 0 saturated carbocycles. The number of aliphatic hydroxyl groups is 1. The van der Waals surface area contributed by atoms with E-state index in [9.17, 15) is 12.8 Å². The number of nitrogens with zero attached hydrogens (tertiary/aromatic N) is 1. The summed E-state index contributed by atoms with van der Waals surface area (Å²) in [6.07, 6.45) is 3.72. The molecule has 7 heteroatoms. The van der Waals surface area contributed by atoms with Crippen LogP contribution in [0.15, 0.2) is 23.1 Å². The summed E-state index contributed by atoms with van der Waals surface area (Å²) in [4.78, 5) is -0.141. The molecule has 5 nitrogen and oxygen atoms in total. The first-order chi connectivity index (χ1) is 9.93. The van der Waals surface area contributed by atoms with E-state index in [4.69, 9.17) is 10.8 Å². The molecular weight excluding hydrogens is 295 g/mol. The monoisotopic (exact) mass is 318 g/mol. The largest absolute Gasteiger partial charge is 0.396 e. The molecule has 1 aromatic carbocycles. The van der Waals surface area contributed by atoms with Crippen molar-refractivity contribution in [2.24, 2.45) is 0 Å². The van der Waals surface area contributed by atoms with Crippen LogP contribution in [0.3, 0.4) is 0 Å². The van der Waals surface area contributed by atoms with Gasteiger partial charge in [-0.1, -0.05) is 26.2 Å². The Balaban J connectivity index is 2.90. The zero-order valence-corrected chi connectivity index (χ0v) is 13.1. The van der Waals surface area contributed by atoms with Gasteiger partial charge in [0.2, 0.25) is 10.0 Å². The van der Waals surface area contributed by atoms with Crippen LogP contribution in [0.2, 0.25) is 0 Å². The van der Waals surface area contributed by atoms with Crippen LogP contribution in [0.25, 0.3) is 0 Å². The number of rotatable bonds is 9. The number of aliphatic hydroxyl groups excluding tert-OH is 1. The van der Waals surface area contributed by atoms with Gasteiger partial charge in [-0.2, -0.15) is 4.31 Å². The lowest BCUT2D eigenvalue weighted by atomic mass is 10.2. The van der Waals surface area contributed by atoms with E-state index in [1.54, 1.807) is 0 Å². The molecule has 0 aliphatic heterocycles. The minimum absolute atomic E-state index is 0.000450. The molecule has 1 rings (SSSR count). The molecule has 0 radical (unpaired) electrons. The topological polar surface area (TPSA) is 83.6 Å². The van der Waals surface area contributed by atoms with Gasteiger partial charge in [0.25, 0.3) is 0 Å². The van der Waals surface area contributed by atoms with E-state index in [0.29, 0.717) is 13.0 Å². The first-order valence-corrected chi connectivity index (χ1v) is 8.53. The van der Waals surface area contributed by atoms with E-state index >= 15 is 0 Å². The average Bonchev–Trinajstić information content (AvgIpc) is 2.45. The van der Waals surface area contributed by atoms with Crippen LogP contribution in [0.5, 0.6) is 0 Å². The van der Waals surface area contributed by atoms with Crippen molar-refractivity contribution < 1.29 is 17.9 Å². The normalized spacial score (nSPS) is 12.0. The van der Waals surface area contributed by atoms with Crippen molar-refractivity contribution in [3.05, 3.63) is 24.0 Å². The quantitative estimate of drug-likeness (QED) is 0.538. The van der Waals surface area contributed by atoms with Crippen LogP contribution in [0, 0.1) is 5.82 Å². The maximum atomic E-state index is 13.5. The molecule has 0 saturated heterocycles. The van der Waals surface area contributed by atoms with E-state index in [0.717, 1.165) is 25.3 Å². The van der Waals surface area contributed by atoms with Crippen LogP contribution in [0.1, 0.15) is 32.6 Å². The summed E-state index contributed by atoms with van der Waals surface area (Å²) in [7, 11) is -3.81. The molecular formula is C14H23FN2O3S. The zero-order chi connectivity index (χ0) is 15.9. The highest BCUT2D eigenvalue weighted by Crippen LogP contribution is 2.20. The molecule has 0 heterocycles. The highest BCUT2D eigenvalue weighted by molar-refractivity contribution is 7.89. The number of nitrogen functional groups attached to an aromatic ring is 1. The third-order valence-electron chi connectivity index (χ3n) is 3.22. The lowest BCUT2D eigenvalue weighted by Gasteiger charge is -2.21. The van der Waals surface area contributed by atoms with Gasteiger partial charge >= 0.3 is 0 Å². The van der Waals surface area contributed by atoms with Gasteiger partial charge in [-0.25, -0.2) is 12.8 Å². The number of benzene rings is 1. The maximum absolute atomic E-state index is 13.5. The second-order valence-electron chi connectivity index (χ2n) is 4.87. The first kappa shape index (κ1) is 17.9. The summed E-state index contributed by atoms with van der Waals surface area (Å²) in [6.45, 7) is 2.11. The Morgan fingerprint density at radius 2 is 1.95 bits per heavy atom. The number of nitrogens with two attached hydrogens (primary N) is 1. The Kier molecular flexibility index (Phi) is 7.07. The molecule has 0 unspecified atom stereocenters. The first-order valence-electron chi connectivity index (χ1n) is 7.09. The van der Waals surface area contributed by atoms with Gasteiger partial charge in [-0.05, 0) is 24.6 Å². The predicted molar refractivity (Wildman–Crippen MR) is 80.8 cm³/mol. The Morgan fingerprint density at radius 3 is 2.52 bits per heavy atom. The third-order valence-corrected chi connectivity index (χ3v) is 5.11. The Labute approximate surface area is 125 Å². The minimum atomic E-state index is -3.81. The van der Waals surface area contributed by atoms with Gasteiger partial charge in [-0.15, -0.1) is 0 Å². The van der Waals surface area contributed by atoms with E-state index in [1.807, 2.05) is 0 Å². The smallest absolute Gasteiger partial charge is 0.243 e. The Morgan fingerprint density at radius 1 is 1.24 bits per heavy atom. The summed E-state index contributed by atoms with van der Waals surface area (Å²) in [6, 6.07) is 3.43. The molecule has 0 atom stereocenters. The van der Waals surface area contributed by atoms with Crippen molar-refractivity contribution in [2.75, 3.05) is 25.4 Å². The van der Waals surface area contributed by atoms with Crippen molar-refractivity contribution in [1.29, 1.82) is 0 Å². The molecule has 0 aliphatic rings. The standard InChI is InChI=1S/C14H23FN2O3S/c1-2-3-4-5-8-17(9-10-18)21(19,20)12-6-7-14(16)13(15)11-12/h6-7,11,18H,2-5,8-10,16H2,1H3. The highest BCUT2D eigenvalue weighted by atomic mass is 32.2.